The van der Waals surface area contributed by atoms with Crippen molar-refractivity contribution in [1.29, 1.82) is 0 Å². The lowest BCUT2D eigenvalue weighted by atomic mass is 10.1. The molecule has 0 atom stereocenters. The van der Waals surface area contributed by atoms with E-state index in [2.05, 4.69) is 10.3 Å². The zero-order chi connectivity index (χ0) is 16.3. The number of methoxy groups -OCH3 is 1. The van der Waals surface area contributed by atoms with Crippen molar-refractivity contribution in [3.8, 4) is 17.0 Å². The molecule has 0 unspecified atom stereocenters. The predicted octanol–water partition coefficient (Wildman–Crippen LogP) is 4.00. The number of carbonyl (C=O) groups is 1. The SMILES string of the molecule is CNc1nc(-c2cc(Cl)ccc2OC)c(/C(C)=C/C(=O)O)s1. The van der Waals surface area contributed by atoms with Gasteiger partial charge in [0, 0.05) is 23.7 Å². The van der Waals surface area contributed by atoms with Crippen LogP contribution < -0.4 is 10.1 Å². The fourth-order valence-electron chi connectivity index (χ4n) is 1.99. The largest absolute Gasteiger partial charge is 0.496 e. The zero-order valence-electron chi connectivity index (χ0n) is 12.3. The number of carboxylic acids is 1. The van der Waals surface area contributed by atoms with Gasteiger partial charge in [0.2, 0.25) is 0 Å². The number of hydrogen-bond donors (Lipinski definition) is 2. The third-order valence-corrected chi connectivity index (χ3v) is 4.40. The van der Waals surface area contributed by atoms with Crippen molar-refractivity contribution in [3.05, 3.63) is 34.2 Å². The van der Waals surface area contributed by atoms with Crippen molar-refractivity contribution in [2.24, 2.45) is 0 Å². The Morgan fingerprint density at radius 3 is 2.82 bits per heavy atom. The Labute approximate surface area is 137 Å². The molecule has 5 nitrogen and oxygen atoms in total. The number of thiazole rings is 1. The highest BCUT2D eigenvalue weighted by Crippen LogP contribution is 2.40. The first kappa shape index (κ1) is 16.3. The monoisotopic (exact) mass is 338 g/mol. The number of nitrogens with zero attached hydrogens (tertiary/aromatic N) is 1. The molecule has 0 aliphatic carbocycles. The third kappa shape index (κ3) is 3.40. The van der Waals surface area contributed by atoms with Crippen molar-refractivity contribution in [2.75, 3.05) is 19.5 Å². The van der Waals surface area contributed by atoms with Crippen molar-refractivity contribution in [2.45, 2.75) is 6.92 Å². The molecule has 116 valence electrons. The van der Waals surface area contributed by atoms with Gasteiger partial charge in [0.1, 0.15) is 5.75 Å². The van der Waals surface area contributed by atoms with Crippen LogP contribution in [0, 0.1) is 0 Å². The van der Waals surface area contributed by atoms with Gasteiger partial charge in [-0.05, 0) is 30.7 Å². The fourth-order valence-corrected chi connectivity index (χ4v) is 3.07. The van der Waals surface area contributed by atoms with Crippen LogP contribution in [0.2, 0.25) is 5.02 Å². The molecule has 2 rings (SSSR count). The number of allylic oxidation sites excluding steroid dienone is 1. The maximum absolute atomic E-state index is 10.9. The van der Waals surface area contributed by atoms with Crippen LogP contribution in [-0.4, -0.2) is 30.2 Å². The second-order valence-corrected chi connectivity index (χ2v) is 5.89. The number of carboxylic acid groups (broad SMARTS) is 1. The zero-order valence-corrected chi connectivity index (χ0v) is 13.9. The van der Waals surface area contributed by atoms with Crippen molar-refractivity contribution < 1.29 is 14.6 Å². The molecule has 0 aliphatic heterocycles. The van der Waals surface area contributed by atoms with E-state index in [0.29, 0.717) is 27.2 Å². The normalized spacial score (nSPS) is 11.4. The minimum Gasteiger partial charge on any atom is -0.496 e. The first-order valence-electron chi connectivity index (χ1n) is 6.40. The number of hydrogen-bond acceptors (Lipinski definition) is 5. The van der Waals surface area contributed by atoms with Gasteiger partial charge in [-0.3, -0.25) is 0 Å². The number of anilines is 1. The van der Waals surface area contributed by atoms with Crippen LogP contribution in [0.4, 0.5) is 5.13 Å². The van der Waals surface area contributed by atoms with Gasteiger partial charge >= 0.3 is 5.97 Å². The fraction of sp³-hybridized carbons (Fsp3) is 0.200. The molecule has 0 bridgehead atoms. The number of aromatic nitrogens is 1. The highest BCUT2D eigenvalue weighted by Gasteiger charge is 2.18. The molecule has 0 amide bonds. The predicted molar refractivity (Wildman–Crippen MR) is 89.9 cm³/mol. The van der Waals surface area contributed by atoms with Gasteiger partial charge in [0.15, 0.2) is 5.13 Å². The number of benzene rings is 1. The number of ether oxygens (including phenoxy) is 1. The van der Waals surface area contributed by atoms with Gasteiger partial charge < -0.3 is 15.2 Å². The molecule has 0 aliphatic rings. The molecule has 0 saturated heterocycles. The molecule has 0 spiro atoms. The smallest absolute Gasteiger partial charge is 0.328 e. The number of nitrogens with one attached hydrogen (secondary N) is 1. The second-order valence-electron chi connectivity index (χ2n) is 4.46. The van der Waals surface area contributed by atoms with Gasteiger partial charge in [0.05, 0.1) is 17.7 Å². The first-order valence-corrected chi connectivity index (χ1v) is 7.59. The molecular formula is C15H15ClN2O3S. The summed E-state index contributed by atoms with van der Waals surface area (Å²) in [7, 11) is 3.33. The lowest BCUT2D eigenvalue weighted by Gasteiger charge is -2.09. The Kier molecular flexibility index (Phi) is 5.05. The van der Waals surface area contributed by atoms with Crippen LogP contribution in [-0.2, 0) is 4.79 Å². The second kappa shape index (κ2) is 6.81. The average molecular weight is 339 g/mol. The van der Waals surface area contributed by atoms with Crippen LogP contribution in [0.5, 0.6) is 5.75 Å². The van der Waals surface area contributed by atoms with E-state index in [1.54, 1.807) is 39.3 Å². The summed E-state index contributed by atoms with van der Waals surface area (Å²) >= 11 is 7.45. The molecule has 22 heavy (non-hydrogen) atoms. The van der Waals surface area contributed by atoms with E-state index in [4.69, 9.17) is 21.4 Å². The van der Waals surface area contributed by atoms with E-state index in [1.807, 2.05) is 0 Å². The highest BCUT2D eigenvalue weighted by molar-refractivity contribution is 7.17. The van der Waals surface area contributed by atoms with E-state index < -0.39 is 5.97 Å². The Bertz CT molecular complexity index is 740. The van der Waals surface area contributed by atoms with E-state index in [9.17, 15) is 4.79 Å². The van der Waals surface area contributed by atoms with Crippen LogP contribution in [0.15, 0.2) is 24.3 Å². The van der Waals surface area contributed by atoms with Crippen molar-refractivity contribution >= 4 is 39.6 Å². The van der Waals surface area contributed by atoms with E-state index in [-0.39, 0.29) is 0 Å². The lowest BCUT2D eigenvalue weighted by molar-refractivity contribution is -0.131. The van der Waals surface area contributed by atoms with Crippen LogP contribution in [0.25, 0.3) is 16.8 Å². The van der Waals surface area contributed by atoms with Crippen LogP contribution in [0.3, 0.4) is 0 Å². The van der Waals surface area contributed by atoms with Crippen molar-refractivity contribution in [3.63, 3.8) is 0 Å². The molecule has 2 N–H and O–H groups in total. The number of rotatable bonds is 5. The minimum absolute atomic E-state index is 0.556. The number of aliphatic carboxylic acids is 1. The first-order chi connectivity index (χ1) is 10.5. The lowest BCUT2D eigenvalue weighted by Crippen LogP contribution is -1.93. The van der Waals surface area contributed by atoms with Crippen molar-refractivity contribution in [1.82, 2.24) is 4.98 Å². The maximum Gasteiger partial charge on any atom is 0.328 e. The Hall–Kier alpha value is -2.05. The highest BCUT2D eigenvalue weighted by atomic mass is 35.5. The van der Waals surface area contributed by atoms with Gasteiger partial charge in [-0.1, -0.05) is 22.9 Å². The van der Waals surface area contributed by atoms with E-state index in [0.717, 1.165) is 16.5 Å². The molecule has 2 aromatic rings. The van der Waals surface area contributed by atoms with Crippen LogP contribution >= 0.6 is 22.9 Å². The minimum atomic E-state index is -0.999. The molecule has 7 heteroatoms. The summed E-state index contributed by atoms with van der Waals surface area (Å²) in [6.07, 6.45) is 1.16. The molecule has 0 saturated carbocycles. The topological polar surface area (TPSA) is 71.5 Å². The molecular weight excluding hydrogens is 324 g/mol. The van der Waals surface area contributed by atoms with Gasteiger partial charge in [-0.2, -0.15) is 0 Å². The average Bonchev–Trinajstić information content (AvgIpc) is 2.90. The molecule has 1 aromatic heterocycles. The Morgan fingerprint density at radius 2 is 2.23 bits per heavy atom. The standard InChI is InChI=1S/C15H15ClN2O3S/c1-8(6-12(19)20)14-13(18-15(17-2)22-14)10-7-9(16)4-5-11(10)21-3/h4-7H,1-3H3,(H,17,18)(H,19,20)/b8-6+. The van der Waals surface area contributed by atoms with Gasteiger partial charge in [0.25, 0.3) is 0 Å². The van der Waals surface area contributed by atoms with Gasteiger partial charge in [-0.25, -0.2) is 9.78 Å². The summed E-state index contributed by atoms with van der Waals surface area (Å²) in [6, 6.07) is 5.25. The summed E-state index contributed by atoms with van der Waals surface area (Å²) in [6.45, 7) is 1.74. The summed E-state index contributed by atoms with van der Waals surface area (Å²) in [4.78, 5) is 16.2. The van der Waals surface area contributed by atoms with Gasteiger partial charge in [-0.15, -0.1) is 0 Å². The summed E-state index contributed by atoms with van der Waals surface area (Å²) in [5, 5.41) is 13.2. The summed E-state index contributed by atoms with van der Waals surface area (Å²) in [5.41, 5.74) is 1.98. The molecule has 1 aromatic carbocycles. The molecule has 1 heterocycles. The van der Waals surface area contributed by atoms with Crippen LogP contribution in [0.1, 0.15) is 11.8 Å². The van der Waals surface area contributed by atoms with E-state index >= 15 is 0 Å². The maximum atomic E-state index is 10.9. The van der Waals surface area contributed by atoms with E-state index in [1.165, 1.54) is 11.3 Å². The summed E-state index contributed by atoms with van der Waals surface area (Å²) < 4.78 is 5.36. The quantitative estimate of drug-likeness (QED) is 0.806. The Morgan fingerprint density at radius 1 is 1.50 bits per heavy atom. The molecule has 0 radical (unpaired) electrons. The Balaban J connectivity index is 2.67. The molecule has 0 fully saturated rings. The third-order valence-electron chi connectivity index (χ3n) is 2.96. The number of halogens is 1. The summed E-state index contributed by atoms with van der Waals surface area (Å²) in [5.74, 6) is -0.373.